The summed E-state index contributed by atoms with van der Waals surface area (Å²) in [7, 11) is 0. The lowest BCUT2D eigenvalue weighted by Gasteiger charge is -2.35. The van der Waals surface area contributed by atoms with Gasteiger partial charge in [-0.1, -0.05) is 32.0 Å². The number of carbonyl (C=O) groups is 1. The Morgan fingerprint density at radius 2 is 1.61 bits per heavy atom. The molecule has 0 N–H and O–H groups in total. The third-order valence-electron chi connectivity index (χ3n) is 2.94. The highest BCUT2D eigenvalue weighted by Gasteiger charge is 2.17. The number of carbonyl (C=O) groups excluding carboxylic acids is 1. The Labute approximate surface area is 110 Å². The van der Waals surface area contributed by atoms with E-state index in [9.17, 15) is 4.79 Å². The minimum Gasteiger partial charge on any atom is -0.369 e. The number of benzene rings is 1. The average molecular weight is 248 g/mol. The summed E-state index contributed by atoms with van der Waals surface area (Å²) in [5, 5.41) is 0. The molecule has 3 nitrogen and oxygen atoms in total. The number of rotatable bonds is 3. The molecule has 0 bridgehead atoms. The van der Waals surface area contributed by atoms with Gasteiger partial charge in [-0.25, -0.2) is 0 Å². The zero-order valence-electron chi connectivity index (χ0n) is 11.7. The first-order valence-electron chi connectivity index (χ1n) is 6.77. The molecule has 1 aromatic rings. The second-order valence-corrected chi connectivity index (χ2v) is 4.30. The van der Waals surface area contributed by atoms with Crippen molar-refractivity contribution in [3.8, 4) is 0 Å². The van der Waals surface area contributed by atoms with Gasteiger partial charge in [-0.3, -0.25) is 9.69 Å². The maximum Gasteiger partial charge on any atom is 0.143 e. The van der Waals surface area contributed by atoms with Gasteiger partial charge in [0.1, 0.15) is 5.78 Å². The van der Waals surface area contributed by atoms with Crippen LogP contribution in [0.25, 0.3) is 0 Å². The van der Waals surface area contributed by atoms with E-state index < -0.39 is 0 Å². The van der Waals surface area contributed by atoms with Crippen LogP contribution in [0.15, 0.2) is 30.3 Å². The molecule has 1 fully saturated rings. The van der Waals surface area contributed by atoms with Crippen molar-refractivity contribution in [3.05, 3.63) is 30.3 Å². The van der Waals surface area contributed by atoms with E-state index in [0.29, 0.717) is 6.54 Å². The van der Waals surface area contributed by atoms with Crippen LogP contribution in [-0.2, 0) is 4.79 Å². The lowest BCUT2D eigenvalue weighted by Crippen LogP contribution is -2.47. The molecule has 0 amide bonds. The summed E-state index contributed by atoms with van der Waals surface area (Å²) in [6, 6.07) is 10.4. The van der Waals surface area contributed by atoms with Crippen molar-refractivity contribution in [2.45, 2.75) is 20.8 Å². The largest absolute Gasteiger partial charge is 0.369 e. The molecular formula is C15H24N2O. The number of nitrogens with zero attached hydrogens (tertiary/aromatic N) is 2. The molecule has 2 rings (SSSR count). The summed E-state index contributed by atoms with van der Waals surface area (Å²) in [4.78, 5) is 15.6. The summed E-state index contributed by atoms with van der Waals surface area (Å²) in [6.07, 6.45) is 0. The van der Waals surface area contributed by atoms with Crippen molar-refractivity contribution < 1.29 is 4.79 Å². The smallest absolute Gasteiger partial charge is 0.143 e. The molecule has 3 heteroatoms. The van der Waals surface area contributed by atoms with E-state index in [-0.39, 0.29) is 5.78 Å². The second-order valence-electron chi connectivity index (χ2n) is 4.30. The molecule has 1 saturated heterocycles. The quantitative estimate of drug-likeness (QED) is 0.821. The molecule has 100 valence electrons. The molecule has 18 heavy (non-hydrogen) atoms. The Kier molecular flexibility index (Phi) is 6.44. The van der Waals surface area contributed by atoms with E-state index in [2.05, 4.69) is 34.1 Å². The molecule has 0 unspecified atom stereocenters. The minimum atomic E-state index is 0.258. The van der Waals surface area contributed by atoms with Crippen LogP contribution in [0.3, 0.4) is 0 Å². The number of hydrogen-bond acceptors (Lipinski definition) is 3. The zero-order chi connectivity index (χ0) is 13.4. The summed E-state index contributed by atoms with van der Waals surface area (Å²) >= 11 is 0. The lowest BCUT2D eigenvalue weighted by atomic mass is 10.2. The van der Waals surface area contributed by atoms with Crippen LogP contribution in [0, 0.1) is 0 Å². The zero-order valence-corrected chi connectivity index (χ0v) is 11.7. The maximum atomic E-state index is 11.0. The number of ketones is 1. The highest BCUT2D eigenvalue weighted by Crippen LogP contribution is 2.15. The fourth-order valence-electron chi connectivity index (χ4n) is 2.12. The van der Waals surface area contributed by atoms with Gasteiger partial charge in [-0.2, -0.15) is 0 Å². The molecule has 1 aliphatic rings. The highest BCUT2D eigenvalue weighted by molar-refractivity contribution is 5.77. The van der Waals surface area contributed by atoms with E-state index in [0.717, 1.165) is 26.2 Å². The average Bonchev–Trinajstić information content (AvgIpc) is 2.42. The van der Waals surface area contributed by atoms with Gasteiger partial charge in [-0.15, -0.1) is 0 Å². The van der Waals surface area contributed by atoms with Crippen molar-refractivity contribution in [3.63, 3.8) is 0 Å². The standard InChI is InChI=1S/C13H18N2O.C2H6/c1-12(16)11-14-7-9-15(10-8-14)13-5-3-2-4-6-13;1-2/h2-6H,7-11H2,1H3;1-2H3. The van der Waals surface area contributed by atoms with Gasteiger partial charge >= 0.3 is 0 Å². The molecule has 0 radical (unpaired) electrons. The van der Waals surface area contributed by atoms with Gasteiger partial charge in [0, 0.05) is 31.9 Å². The van der Waals surface area contributed by atoms with Crippen LogP contribution in [0.4, 0.5) is 5.69 Å². The van der Waals surface area contributed by atoms with Crippen molar-refractivity contribution in [2.24, 2.45) is 0 Å². The van der Waals surface area contributed by atoms with Crippen LogP contribution < -0.4 is 4.90 Å². The number of hydrogen-bond donors (Lipinski definition) is 0. The Balaban J connectivity index is 0.000000771. The fraction of sp³-hybridized carbons (Fsp3) is 0.533. The molecule has 1 aromatic carbocycles. The number of piperazine rings is 1. The van der Waals surface area contributed by atoms with Gasteiger partial charge in [0.15, 0.2) is 0 Å². The number of para-hydroxylation sites is 1. The first kappa shape index (κ1) is 14.7. The first-order chi connectivity index (χ1) is 8.75. The summed E-state index contributed by atoms with van der Waals surface area (Å²) in [6.45, 7) is 10.2. The topological polar surface area (TPSA) is 23.6 Å². The predicted octanol–water partition coefficient (Wildman–Crippen LogP) is 2.42. The van der Waals surface area contributed by atoms with E-state index in [1.165, 1.54) is 5.69 Å². The van der Waals surface area contributed by atoms with E-state index in [4.69, 9.17) is 0 Å². The molecule has 0 aliphatic carbocycles. The van der Waals surface area contributed by atoms with Crippen LogP contribution >= 0.6 is 0 Å². The van der Waals surface area contributed by atoms with Crippen molar-refractivity contribution in [1.29, 1.82) is 0 Å². The van der Waals surface area contributed by atoms with Crippen LogP contribution in [-0.4, -0.2) is 43.4 Å². The van der Waals surface area contributed by atoms with Crippen LogP contribution in [0.5, 0.6) is 0 Å². The Morgan fingerprint density at radius 1 is 1.06 bits per heavy atom. The molecule has 0 atom stereocenters. The van der Waals surface area contributed by atoms with Gasteiger partial charge in [-0.05, 0) is 19.1 Å². The van der Waals surface area contributed by atoms with E-state index in [1.54, 1.807) is 6.92 Å². The molecule has 0 spiro atoms. The maximum absolute atomic E-state index is 11.0. The Hall–Kier alpha value is -1.35. The normalized spacial score (nSPS) is 15.8. The first-order valence-corrected chi connectivity index (χ1v) is 6.77. The van der Waals surface area contributed by atoms with E-state index in [1.807, 2.05) is 19.9 Å². The monoisotopic (exact) mass is 248 g/mol. The minimum absolute atomic E-state index is 0.258. The molecule has 0 saturated carbocycles. The van der Waals surface area contributed by atoms with E-state index >= 15 is 0 Å². The van der Waals surface area contributed by atoms with Gasteiger partial charge < -0.3 is 4.90 Å². The van der Waals surface area contributed by atoms with Crippen molar-refractivity contribution in [2.75, 3.05) is 37.6 Å². The van der Waals surface area contributed by atoms with Gasteiger partial charge in [0.25, 0.3) is 0 Å². The van der Waals surface area contributed by atoms with Crippen LogP contribution in [0.2, 0.25) is 0 Å². The lowest BCUT2D eigenvalue weighted by molar-refractivity contribution is -0.118. The Bertz CT molecular complexity index is 343. The summed E-state index contributed by atoms with van der Waals surface area (Å²) in [5.74, 6) is 0.258. The highest BCUT2D eigenvalue weighted by atomic mass is 16.1. The summed E-state index contributed by atoms with van der Waals surface area (Å²) in [5.41, 5.74) is 1.28. The Morgan fingerprint density at radius 3 is 2.11 bits per heavy atom. The molecule has 1 aliphatic heterocycles. The third kappa shape index (κ3) is 4.49. The number of anilines is 1. The van der Waals surface area contributed by atoms with Crippen LogP contribution in [0.1, 0.15) is 20.8 Å². The van der Waals surface area contributed by atoms with Crippen molar-refractivity contribution in [1.82, 2.24) is 4.90 Å². The fourth-order valence-corrected chi connectivity index (χ4v) is 2.12. The number of Topliss-reactive ketones (excluding diaryl/α,β-unsaturated/α-hetero) is 1. The van der Waals surface area contributed by atoms with Gasteiger partial charge in [0.2, 0.25) is 0 Å². The van der Waals surface area contributed by atoms with Gasteiger partial charge in [0.05, 0.1) is 6.54 Å². The molecular weight excluding hydrogens is 224 g/mol. The molecule has 0 aromatic heterocycles. The SMILES string of the molecule is CC.CC(=O)CN1CCN(c2ccccc2)CC1. The second kappa shape index (κ2) is 7.88. The predicted molar refractivity (Wildman–Crippen MR) is 77.1 cm³/mol. The molecule has 1 heterocycles. The van der Waals surface area contributed by atoms with Crippen molar-refractivity contribution >= 4 is 11.5 Å². The third-order valence-corrected chi connectivity index (χ3v) is 2.94. The summed E-state index contributed by atoms with van der Waals surface area (Å²) < 4.78 is 0.